The number of nitrogens with two attached hydrogens (primary N) is 1. The van der Waals surface area contributed by atoms with Gasteiger partial charge in [0.1, 0.15) is 5.84 Å². The van der Waals surface area contributed by atoms with E-state index in [1.807, 2.05) is 25.9 Å². The van der Waals surface area contributed by atoms with Crippen LogP contribution in [0.3, 0.4) is 0 Å². The van der Waals surface area contributed by atoms with E-state index >= 15 is 0 Å². The lowest BCUT2D eigenvalue weighted by Crippen LogP contribution is -2.23. The van der Waals surface area contributed by atoms with Crippen LogP contribution in [0.1, 0.15) is 13.3 Å². The van der Waals surface area contributed by atoms with Gasteiger partial charge < -0.3 is 10.6 Å². The van der Waals surface area contributed by atoms with Gasteiger partial charge in [0.2, 0.25) is 5.13 Å². The Balaban J connectivity index is 2.67. The molecule has 1 atom stereocenters. The quantitative estimate of drug-likeness (QED) is 0.466. The van der Waals surface area contributed by atoms with E-state index in [1.165, 1.54) is 23.1 Å². The Hall–Kier alpha value is -0.820. The van der Waals surface area contributed by atoms with Crippen LogP contribution < -0.4 is 10.6 Å². The van der Waals surface area contributed by atoms with E-state index in [1.54, 1.807) is 0 Å². The molecule has 3 N–H and O–H groups in total. The predicted molar refractivity (Wildman–Crippen MR) is 66.1 cm³/mol. The fourth-order valence-electron chi connectivity index (χ4n) is 0.919. The van der Waals surface area contributed by atoms with Gasteiger partial charge in [-0.25, -0.2) is 0 Å². The highest BCUT2D eigenvalue weighted by molar-refractivity contribution is 8.02. The summed E-state index contributed by atoms with van der Waals surface area (Å²) in [5.41, 5.74) is 5.47. The first-order valence-electron chi connectivity index (χ1n) is 4.56. The minimum Gasteiger partial charge on any atom is -0.387 e. The van der Waals surface area contributed by atoms with E-state index in [2.05, 4.69) is 10.2 Å². The van der Waals surface area contributed by atoms with Gasteiger partial charge in [-0.3, -0.25) is 5.41 Å². The first kappa shape index (κ1) is 12.3. The van der Waals surface area contributed by atoms with Crippen LogP contribution >= 0.6 is 23.1 Å². The molecule has 0 aliphatic heterocycles. The molecule has 7 heteroatoms. The van der Waals surface area contributed by atoms with Crippen molar-refractivity contribution >= 4 is 34.1 Å². The van der Waals surface area contributed by atoms with Crippen LogP contribution in [0.15, 0.2) is 4.34 Å². The molecule has 84 valence electrons. The summed E-state index contributed by atoms with van der Waals surface area (Å²) in [5, 5.41) is 16.3. The number of amidine groups is 1. The van der Waals surface area contributed by atoms with E-state index in [0.29, 0.717) is 0 Å². The largest absolute Gasteiger partial charge is 0.387 e. The molecule has 0 saturated heterocycles. The maximum atomic E-state index is 7.40. The highest BCUT2D eigenvalue weighted by atomic mass is 32.2. The molecule has 0 radical (unpaired) electrons. The Morgan fingerprint density at radius 2 is 2.27 bits per heavy atom. The van der Waals surface area contributed by atoms with Crippen molar-refractivity contribution in [2.24, 2.45) is 5.73 Å². The molecule has 15 heavy (non-hydrogen) atoms. The standard InChI is InChI=1S/C8H15N5S2/c1-4-5(6(9)10)14-8-12-11-7(15-8)13(2)3/h5H,4H2,1-3H3,(H3,9,10). The minimum absolute atomic E-state index is 0.00737. The average molecular weight is 245 g/mol. The van der Waals surface area contributed by atoms with Gasteiger partial charge in [-0.05, 0) is 6.42 Å². The van der Waals surface area contributed by atoms with Crippen molar-refractivity contribution in [1.29, 1.82) is 5.41 Å². The molecule has 0 aromatic carbocycles. The van der Waals surface area contributed by atoms with Crippen molar-refractivity contribution in [3.8, 4) is 0 Å². The Bertz CT molecular complexity index is 336. The SMILES string of the molecule is CCC(Sc1nnc(N(C)C)s1)C(=N)N. The van der Waals surface area contributed by atoms with Gasteiger partial charge in [0.05, 0.1) is 5.25 Å². The van der Waals surface area contributed by atoms with Gasteiger partial charge in [-0.2, -0.15) is 0 Å². The summed E-state index contributed by atoms with van der Waals surface area (Å²) in [7, 11) is 3.86. The molecule has 0 bridgehead atoms. The van der Waals surface area contributed by atoms with Crippen LogP contribution in [0, 0.1) is 5.41 Å². The van der Waals surface area contributed by atoms with Gasteiger partial charge >= 0.3 is 0 Å². The summed E-state index contributed by atoms with van der Waals surface area (Å²) in [6.45, 7) is 2.01. The molecule has 0 spiro atoms. The van der Waals surface area contributed by atoms with Crippen molar-refractivity contribution in [2.75, 3.05) is 19.0 Å². The normalized spacial score (nSPS) is 12.5. The van der Waals surface area contributed by atoms with Crippen molar-refractivity contribution in [3.05, 3.63) is 0 Å². The van der Waals surface area contributed by atoms with E-state index in [-0.39, 0.29) is 11.1 Å². The zero-order valence-corrected chi connectivity index (χ0v) is 10.7. The molecular formula is C8H15N5S2. The first-order valence-corrected chi connectivity index (χ1v) is 6.25. The van der Waals surface area contributed by atoms with Crippen LogP contribution in [0.25, 0.3) is 0 Å². The zero-order chi connectivity index (χ0) is 11.4. The molecule has 0 aliphatic carbocycles. The Morgan fingerprint density at radius 1 is 1.60 bits per heavy atom. The molecule has 1 heterocycles. The number of hydrogen-bond acceptors (Lipinski definition) is 6. The first-order chi connectivity index (χ1) is 7.04. The van der Waals surface area contributed by atoms with Gasteiger partial charge in [0.25, 0.3) is 0 Å². The highest BCUT2D eigenvalue weighted by Gasteiger charge is 2.15. The topological polar surface area (TPSA) is 78.9 Å². The third-order valence-electron chi connectivity index (χ3n) is 1.74. The fourth-order valence-corrected chi connectivity index (χ4v) is 2.81. The van der Waals surface area contributed by atoms with E-state index in [9.17, 15) is 0 Å². The molecule has 1 unspecified atom stereocenters. The number of aromatic nitrogens is 2. The number of thioether (sulfide) groups is 1. The van der Waals surface area contributed by atoms with Gasteiger partial charge in [0, 0.05) is 14.1 Å². The number of anilines is 1. The lowest BCUT2D eigenvalue weighted by Gasteiger charge is -2.09. The predicted octanol–water partition coefficient (Wildman–Crippen LogP) is 1.41. The molecule has 5 nitrogen and oxygen atoms in total. The molecule has 1 aromatic rings. The molecule has 0 aliphatic rings. The second kappa shape index (κ2) is 5.32. The van der Waals surface area contributed by atoms with Crippen LogP contribution in [0.4, 0.5) is 5.13 Å². The Kier molecular flexibility index (Phi) is 4.34. The summed E-state index contributed by atoms with van der Waals surface area (Å²) in [5.74, 6) is 0.198. The van der Waals surface area contributed by atoms with E-state index in [4.69, 9.17) is 11.1 Å². The maximum absolute atomic E-state index is 7.40. The summed E-state index contributed by atoms with van der Waals surface area (Å²) in [6.07, 6.45) is 0.830. The maximum Gasteiger partial charge on any atom is 0.208 e. The molecule has 0 saturated carbocycles. The van der Waals surface area contributed by atoms with Gasteiger partial charge in [-0.15, -0.1) is 10.2 Å². The number of rotatable bonds is 5. The fraction of sp³-hybridized carbons (Fsp3) is 0.625. The lowest BCUT2D eigenvalue weighted by molar-refractivity contribution is 0.957. The van der Waals surface area contributed by atoms with Gasteiger partial charge in [0.15, 0.2) is 4.34 Å². The van der Waals surface area contributed by atoms with Gasteiger partial charge in [-0.1, -0.05) is 30.0 Å². The minimum atomic E-state index is 0.00737. The van der Waals surface area contributed by atoms with E-state index in [0.717, 1.165) is 15.9 Å². The van der Waals surface area contributed by atoms with Crippen LogP contribution in [0.2, 0.25) is 0 Å². The third-order valence-corrected chi connectivity index (χ3v) is 4.32. The summed E-state index contributed by atoms with van der Waals surface area (Å²) in [6, 6.07) is 0. The smallest absolute Gasteiger partial charge is 0.208 e. The van der Waals surface area contributed by atoms with Crippen molar-refractivity contribution in [1.82, 2.24) is 10.2 Å². The Morgan fingerprint density at radius 3 is 2.67 bits per heavy atom. The van der Waals surface area contributed by atoms with Crippen LogP contribution in [-0.2, 0) is 0 Å². The zero-order valence-electron chi connectivity index (χ0n) is 9.02. The molecule has 0 fully saturated rings. The average Bonchev–Trinajstić information content (AvgIpc) is 2.61. The lowest BCUT2D eigenvalue weighted by atomic mass is 10.3. The molecule has 1 aromatic heterocycles. The number of nitrogens with one attached hydrogen (secondary N) is 1. The molecule has 1 rings (SSSR count). The van der Waals surface area contributed by atoms with Crippen LogP contribution in [-0.4, -0.2) is 35.4 Å². The van der Waals surface area contributed by atoms with Crippen molar-refractivity contribution < 1.29 is 0 Å². The highest BCUT2D eigenvalue weighted by Crippen LogP contribution is 2.30. The monoisotopic (exact) mass is 245 g/mol. The number of nitrogens with zero attached hydrogens (tertiary/aromatic N) is 3. The Labute approximate surface area is 97.6 Å². The second-order valence-corrected chi connectivity index (χ2v) is 5.62. The van der Waals surface area contributed by atoms with E-state index < -0.39 is 0 Å². The summed E-state index contributed by atoms with van der Waals surface area (Å²) in [4.78, 5) is 1.91. The molecular weight excluding hydrogens is 230 g/mol. The summed E-state index contributed by atoms with van der Waals surface area (Å²) < 4.78 is 0.862. The van der Waals surface area contributed by atoms with Crippen molar-refractivity contribution in [3.63, 3.8) is 0 Å². The molecule has 0 amide bonds. The summed E-state index contributed by atoms with van der Waals surface area (Å²) >= 11 is 3.02. The number of hydrogen-bond donors (Lipinski definition) is 2. The second-order valence-electron chi connectivity index (χ2n) is 3.22. The van der Waals surface area contributed by atoms with Crippen LogP contribution in [0.5, 0.6) is 0 Å². The third kappa shape index (κ3) is 3.35. The van der Waals surface area contributed by atoms with Crippen molar-refractivity contribution in [2.45, 2.75) is 22.9 Å².